The highest BCUT2D eigenvalue weighted by Crippen LogP contribution is 2.58. The molecule has 0 saturated carbocycles. The van der Waals surface area contributed by atoms with Crippen LogP contribution in [0.3, 0.4) is 0 Å². The number of hydrogen-bond donors (Lipinski definition) is 0. The molecule has 13 heteroatoms. The van der Waals surface area contributed by atoms with Gasteiger partial charge in [-0.05, 0) is 11.1 Å². The summed E-state index contributed by atoms with van der Waals surface area (Å²) in [6.07, 6.45) is -4.14. The molecule has 0 aliphatic carbocycles. The minimum Gasteiger partial charge on any atom is -0.370 e. The Hall–Kier alpha value is -1.92. The van der Waals surface area contributed by atoms with Gasteiger partial charge >= 0.3 is 36.0 Å². The monoisotopic (exact) mass is 448 g/mol. The van der Waals surface area contributed by atoms with Crippen molar-refractivity contribution in [1.82, 2.24) is 0 Å². The topological polar surface area (TPSA) is 9.23 Å². The molecule has 1 aromatic carbocycles. The van der Waals surface area contributed by atoms with Crippen molar-refractivity contribution in [3.8, 4) is 0 Å². The lowest BCUT2D eigenvalue weighted by atomic mass is 9.94. The van der Waals surface area contributed by atoms with Gasteiger partial charge in [0.05, 0.1) is 6.61 Å². The average molecular weight is 448 g/mol. The maximum Gasteiger partial charge on any atom is 0.384 e. The zero-order valence-electron chi connectivity index (χ0n) is 14.0. The molecule has 0 aromatic heterocycles. The molecule has 0 amide bonds. The van der Waals surface area contributed by atoms with Crippen LogP contribution < -0.4 is 0 Å². The molecule has 1 nitrogen and oxygen atoms in total. The fourth-order valence-corrected chi connectivity index (χ4v) is 1.91. The van der Waals surface area contributed by atoms with E-state index in [1.807, 2.05) is 0 Å². The van der Waals surface area contributed by atoms with E-state index in [9.17, 15) is 52.7 Å². The SMILES string of the molecule is C=Cc1ccc(COCC(F)(F)C(F)(F)C(F)(F)C(F)(F)C(F)(F)C(F)F)cc1. The van der Waals surface area contributed by atoms with Crippen LogP contribution in [0.15, 0.2) is 30.8 Å². The third-order valence-electron chi connectivity index (χ3n) is 3.71. The Balaban J connectivity index is 3.02. The molecule has 0 spiro atoms. The van der Waals surface area contributed by atoms with Gasteiger partial charge in [0.25, 0.3) is 0 Å². The molecule has 1 rings (SSSR count). The van der Waals surface area contributed by atoms with Crippen molar-refractivity contribution in [2.24, 2.45) is 0 Å². The van der Waals surface area contributed by atoms with Crippen LogP contribution in [0.4, 0.5) is 52.7 Å². The second-order valence-electron chi connectivity index (χ2n) is 5.79. The first-order chi connectivity index (χ1) is 13.0. The molecular weight excluding hydrogens is 436 g/mol. The highest BCUT2D eigenvalue weighted by Gasteiger charge is 2.87. The highest BCUT2D eigenvalue weighted by atomic mass is 19.4. The molecular formula is C16H12F12O. The normalized spacial score (nSPS) is 14.4. The maximum atomic E-state index is 13.5. The Morgan fingerprint density at radius 2 is 1.28 bits per heavy atom. The van der Waals surface area contributed by atoms with Crippen LogP contribution in [0.25, 0.3) is 6.08 Å². The van der Waals surface area contributed by atoms with E-state index in [0.29, 0.717) is 5.56 Å². The first-order valence-electron chi connectivity index (χ1n) is 7.42. The number of halogens is 12. The largest absolute Gasteiger partial charge is 0.384 e. The van der Waals surface area contributed by atoms with Crippen molar-refractivity contribution in [1.29, 1.82) is 0 Å². The van der Waals surface area contributed by atoms with E-state index in [-0.39, 0.29) is 5.56 Å². The Labute approximate surface area is 155 Å². The molecule has 0 aliphatic heterocycles. The highest BCUT2D eigenvalue weighted by molar-refractivity contribution is 5.47. The quantitative estimate of drug-likeness (QED) is 0.383. The van der Waals surface area contributed by atoms with Crippen molar-refractivity contribution in [3.63, 3.8) is 0 Å². The van der Waals surface area contributed by atoms with Crippen molar-refractivity contribution in [3.05, 3.63) is 42.0 Å². The fraction of sp³-hybridized carbons (Fsp3) is 0.500. The van der Waals surface area contributed by atoms with Gasteiger partial charge in [-0.2, -0.15) is 43.9 Å². The van der Waals surface area contributed by atoms with Crippen LogP contribution in [-0.4, -0.2) is 42.6 Å². The average Bonchev–Trinajstić information content (AvgIpc) is 2.61. The standard InChI is InChI=1S/C16H12F12O/c1-2-9-3-5-10(6-4-9)7-29-8-12(19,20)14(23,24)16(27,28)15(25,26)13(21,22)11(17)18/h2-6,11H,1,7-8H2. The first-order valence-corrected chi connectivity index (χ1v) is 7.42. The molecule has 0 aliphatic rings. The lowest BCUT2D eigenvalue weighted by molar-refractivity contribution is -0.415. The third-order valence-corrected chi connectivity index (χ3v) is 3.71. The van der Waals surface area contributed by atoms with E-state index in [1.54, 1.807) is 0 Å². The predicted octanol–water partition coefficient (Wildman–Crippen LogP) is 6.29. The van der Waals surface area contributed by atoms with E-state index < -0.39 is 49.3 Å². The predicted molar refractivity (Wildman–Crippen MR) is 76.9 cm³/mol. The summed E-state index contributed by atoms with van der Waals surface area (Å²) in [6, 6.07) is 5.28. The van der Waals surface area contributed by atoms with Crippen LogP contribution >= 0.6 is 0 Å². The minimum atomic E-state index is -7.54. The molecule has 1 aromatic rings. The molecule has 0 heterocycles. The molecule has 0 atom stereocenters. The van der Waals surface area contributed by atoms with E-state index in [2.05, 4.69) is 11.3 Å². The smallest absolute Gasteiger partial charge is 0.370 e. The van der Waals surface area contributed by atoms with Crippen LogP contribution in [0.5, 0.6) is 0 Å². The fourth-order valence-electron chi connectivity index (χ4n) is 1.91. The van der Waals surface area contributed by atoms with Crippen molar-refractivity contribution < 1.29 is 57.4 Å². The van der Waals surface area contributed by atoms with Crippen molar-refractivity contribution >= 4 is 6.08 Å². The summed E-state index contributed by atoms with van der Waals surface area (Å²) < 4.78 is 160. The lowest BCUT2D eigenvalue weighted by Gasteiger charge is -2.39. The van der Waals surface area contributed by atoms with Crippen LogP contribution in [0, 0.1) is 0 Å². The molecule has 0 fully saturated rings. The number of hydrogen-bond acceptors (Lipinski definition) is 1. The Morgan fingerprint density at radius 1 is 0.793 bits per heavy atom. The van der Waals surface area contributed by atoms with Crippen LogP contribution in [0.2, 0.25) is 0 Å². The van der Waals surface area contributed by atoms with Crippen molar-refractivity contribution in [2.45, 2.75) is 42.6 Å². The van der Waals surface area contributed by atoms with Crippen molar-refractivity contribution in [2.75, 3.05) is 6.61 Å². The van der Waals surface area contributed by atoms with Gasteiger partial charge in [-0.3, -0.25) is 0 Å². The van der Waals surface area contributed by atoms with E-state index in [1.165, 1.54) is 30.3 Å². The summed E-state index contributed by atoms with van der Waals surface area (Å²) >= 11 is 0. The molecule has 0 unspecified atom stereocenters. The molecule has 0 N–H and O–H groups in total. The second kappa shape index (κ2) is 8.07. The summed E-state index contributed by atoms with van der Waals surface area (Å²) in [4.78, 5) is 0. The summed E-state index contributed by atoms with van der Waals surface area (Å²) in [6.45, 7) is -0.0445. The molecule has 0 radical (unpaired) electrons. The second-order valence-corrected chi connectivity index (χ2v) is 5.79. The minimum absolute atomic E-state index is 0.0797. The third kappa shape index (κ3) is 4.33. The maximum absolute atomic E-state index is 13.5. The van der Waals surface area contributed by atoms with Crippen LogP contribution in [0.1, 0.15) is 11.1 Å². The molecule has 0 saturated heterocycles. The summed E-state index contributed by atoms with van der Waals surface area (Å²) in [5.41, 5.74) is 0.642. The van der Waals surface area contributed by atoms with E-state index in [4.69, 9.17) is 0 Å². The number of ether oxygens (including phenoxy) is 1. The number of benzene rings is 1. The zero-order chi connectivity index (χ0) is 22.9. The van der Waals surface area contributed by atoms with Gasteiger partial charge in [-0.15, -0.1) is 0 Å². The van der Waals surface area contributed by atoms with Gasteiger partial charge in [-0.25, -0.2) is 8.78 Å². The van der Waals surface area contributed by atoms with Gasteiger partial charge in [0.1, 0.15) is 6.61 Å². The molecule has 0 bridgehead atoms. The lowest BCUT2D eigenvalue weighted by Crippen LogP contribution is -2.69. The number of alkyl halides is 12. The summed E-state index contributed by atoms with van der Waals surface area (Å²) in [5, 5.41) is 0. The Kier molecular flexibility index (Phi) is 6.99. The molecule has 29 heavy (non-hydrogen) atoms. The zero-order valence-corrected chi connectivity index (χ0v) is 14.0. The Bertz CT molecular complexity index is 696. The van der Waals surface area contributed by atoms with E-state index in [0.717, 1.165) is 0 Å². The summed E-state index contributed by atoms with van der Waals surface area (Å²) in [7, 11) is 0. The Morgan fingerprint density at radius 3 is 1.69 bits per heavy atom. The van der Waals surface area contributed by atoms with Gasteiger partial charge < -0.3 is 4.74 Å². The van der Waals surface area contributed by atoms with Gasteiger partial charge in [0.2, 0.25) is 0 Å². The van der Waals surface area contributed by atoms with Gasteiger partial charge in [0.15, 0.2) is 0 Å². The van der Waals surface area contributed by atoms with E-state index >= 15 is 0 Å². The van der Waals surface area contributed by atoms with Gasteiger partial charge in [-0.1, -0.05) is 36.9 Å². The summed E-state index contributed by atoms with van der Waals surface area (Å²) in [5.74, 6) is -35.3. The molecule has 166 valence electrons. The van der Waals surface area contributed by atoms with Crippen LogP contribution in [-0.2, 0) is 11.3 Å². The number of rotatable bonds is 10. The van der Waals surface area contributed by atoms with Gasteiger partial charge in [0, 0.05) is 0 Å². The first kappa shape index (κ1) is 25.1.